The summed E-state index contributed by atoms with van der Waals surface area (Å²) in [4.78, 5) is 33.0. The van der Waals surface area contributed by atoms with E-state index in [-0.39, 0.29) is 31.1 Å². The van der Waals surface area contributed by atoms with Crippen molar-refractivity contribution in [1.29, 1.82) is 0 Å². The molecule has 1 rings (SSSR count). The van der Waals surface area contributed by atoms with Crippen molar-refractivity contribution in [2.75, 3.05) is 12.3 Å². The molecule has 0 aliphatic carbocycles. The number of ketones is 1. The molecule has 1 atom stereocenters. The van der Waals surface area contributed by atoms with E-state index >= 15 is 0 Å². The fourth-order valence-corrected chi connectivity index (χ4v) is 4.87. The number of amides is 1. The number of rotatable bonds is 10. The molecular formula is C13H21NO4S2. The molecule has 0 radical (unpaired) electrons. The van der Waals surface area contributed by atoms with E-state index in [2.05, 4.69) is 5.32 Å². The Kier molecular flexibility index (Phi) is 8.77. The Labute approximate surface area is 127 Å². The molecule has 0 saturated carbocycles. The van der Waals surface area contributed by atoms with Crippen LogP contribution in [0, 0.1) is 0 Å². The molecule has 5 nitrogen and oxygen atoms in total. The highest BCUT2D eigenvalue weighted by molar-refractivity contribution is 8.77. The summed E-state index contributed by atoms with van der Waals surface area (Å²) < 4.78 is 0. The number of hydrogen-bond acceptors (Lipinski definition) is 5. The zero-order chi connectivity index (χ0) is 14.8. The molecule has 1 fully saturated rings. The van der Waals surface area contributed by atoms with Gasteiger partial charge in [0.2, 0.25) is 5.91 Å². The molecule has 1 aliphatic rings. The molecule has 1 aliphatic heterocycles. The summed E-state index contributed by atoms with van der Waals surface area (Å²) >= 11 is 0. The minimum absolute atomic E-state index is 0.0216. The Hall–Kier alpha value is -0.690. The first-order valence-electron chi connectivity index (χ1n) is 6.86. The second kappa shape index (κ2) is 10.1. The lowest BCUT2D eigenvalue weighted by atomic mass is 10.1. The molecule has 114 valence electrons. The third-order valence-corrected chi connectivity index (χ3v) is 6.01. The van der Waals surface area contributed by atoms with Gasteiger partial charge in [-0.3, -0.25) is 14.4 Å². The number of hydrogen-bond donors (Lipinski definition) is 2. The highest BCUT2D eigenvalue weighted by atomic mass is 33.1. The number of aliphatic carboxylic acids is 1. The molecule has 0 aromatic carbocycles. The average molecular weight is 319 g/mol. The van der Waals surface area contributed by atoms with Crippen molar-refractivity contribution >= 4 is 39.2 Å². The number of carboxylic acids is 1. The van der Waals surface area contributed by atoms with E-state index < -0.39 is 5.97 Å². The number of carbonyl (C=O) groups is 3. The van der Waals surface area contributed by atoms with Gasteiger partial charge in [-0.15, -0.1) is 0 Å². The minimum Gasteiger partial charge on any atom is -0.481 e. The van der Waals surface area contributed by atoms with Gasteiger partial charge in [-0.25, -0.2) is 0 Å². The molecule has 1 saturated heterocycles. The first kappa shape index (κ1) is 17.4. The monoisotopic (exact) mass is 319 g/mol. The molecule has 20 heavy (non-hydrogen) atoms. The van der Waals surface area contributed by atoms with Crippen LogP contribution in [0.4, 0.5) is 0 Å². The summed E-state index contributed by atoms with van der Waals surface area (Å²) in [5.74, 6) is -0.122. The van der Waals surface area contributed by atoms with Crippen LogP contribution in [0.5, 0.6) is 0 Å². The smallest absolute Gasteiger partial charge is 0.303 e. The Bertz CT molecular complexity index is 343. The fourth-order valence-electron chi connectivity index (χ4n) is 1.84. The first-order valence-corrected chi connectivity index (χ1v) is 9.24. The van der Waals surface area contributed by atoms with Gasteiger partial charge in [0.25, 0.3) is 0 Å². The van der Waals surface area contributed by atoms with Crippen molar-refractivity contribution < 1.29 is 19.5 Å². The van der Waals surface area contributed by atoms with Crippen molar-refractivity contribution in [1.82, 2.24) is 5.32 Å². The molecule has 1 unspecified atom stereocenters. The number of nitrogens with one attached hydrogen (secondary N) is 1. The third kappa shape index (κ3) is 8.47. The van der Waals surface area contributed by atoms with E-state index in [9.17, 15) is 14.4 Å². The highest BCUT2D eigenvalue weighted by Crippen LogP contribution is 2.39. The lowest BCUT2D eigenvalue weighted by Crippen LogP contribution is -2.29. The lowest BCUT2D eigenvalue weighted by molar-refractivity contribution is -0.138. The van der Waals surface area contributed by atoms with Crippen molar-refractivity contribution in [2.45, 2.75) is 50.2 Å². The summed E-state index contributed by atoms with van der Waals surface area (Å²) in [6.45, 7) is -0.0543. The zero-order valence-corrected chi connectivity index (χ0v) is 13.1. The summed E-state index contributed by atoms with van der Waals surface area (Å²) in [6, 6.07) is 0. The normalized spacial score (nSPS) is 17.9. The van der Waals surface area contributed by atoms with Crippen LogP contribution in [-0.2, 0) is 14.4 Å². The largest absolute Gasteiger partial charge is 0.481 e. The molecule has 7 heteroatoms. The molecule has 2 N–H and O–H groups in total. The van der Waals surface area contributed by atoms with Crippen LogP contribution in [0.25, 0.3) is 0 Å². The van der Waals surface area contributed by atoms with Gasteiger partial charge in [-0.05, 0) is 19.3 Å². The Morgan fingerprint density at radius 3 is 2.60 bits per heavy atom. The van der Waals surface area contributed by atoms with E-state index in [4.69, 9.17) is 5.11 Å². The zero-order valence-electron chi connectivity index (χ0n) is 11.4. The van der Waals surface area contributed by atoms with E-state index in [0.717, 1.165) is 24.5 Å². The SMILES string of the molecule is O=C(O)CCC(=O)CNC(=O)CCCCC1CCSS1. The van der Waals surface area contributed by atoms with Crippen molar-refractivity contribution in [3.63, 3.8) is 0 Å². The summed E-state index contributed by atoms with van der Waals surface area (Å²) in [7, 11) is 3.87. The summed E-state index contributed by atoms with van der Waals surface area (Å²) in [5.41, 5.74) is 0. The Balaban J connectivity index is 1.96. The Morgan fingerprint density at radius 1 is 1.15 bits per heavy atom. The maximum absolute atomic E-state index is 11.5. The van der Waals surface area contributed by atoms with Crippen molar-refractivity contribution in [2.24, 2.45) is 0 Å². The number of unbranched alkanes of at least 4 members (excludes halogenated alkanes) is 1. The summed E-state index contributed by atoms with van der Waals surface area (Å²) in [5, 5.41) is 11.7. The second-order valence-corrected chi connectivity index (χ2v) is 7.57. The van der Waals surface area contributed by atoms with E-state index in [1.807, 2.05) is 21.6 Å². The maximum atomic E-state index is 11.5. The quantitative estimate of drug-likeness (QED) is 0.475. The topological polar surface area (TPSA) is 83.5 Å². The predicted octanol–water partition coefficient (Wildman–Crippen LogP) is 2.25. The molecule has 1 heterocycles. The van der Waals surface area contributed by atoms with Crippen LogP contribution in [0.15, 0.2) is 0 Å². The van der Waals surface area contributed by atoms with Gasteiger partial charge in [0, 0.05) is 23.8 Å². The van der Waals surface area contributed by atoms with Gasteiger partial charge in [0.1, 0.15) is 0 Å². The molecular weight excluding hydrogens is 298 g/mol. The number of carboxylic acid groups (broad SMARTS) is 1. The Morgan fingerprint density at radius 2 is 1.95 bits per heavy atom. The molecule has 0 aromatic heterocycles. The van der Waals surface area contributed by atoms with Crippen LogP contribution < -0.4 is 5.32 Å². The van der Waals surface area contributed by atoms with Crippen LogP contribution in [0.2, 0.25) is 0 Å². The van der Waals surface area contributed by atoms with Gasteiger partial charge < -0.3 is 10.4 Å². The number of Topliss-reactive ketones (excluding diaryl/α,β-unsaturated/α-hetero) is 1. The molecule has 0 spiro atoms. The maximum Gasteiger partial charge on any atom is 0.303 e. The van der Waals surface area contributed by atoms with Gasteiger partial charge >= 0.3 is 5.97 Å². The average Bonchev–Trinajstić information content (AvgIpc) is 2.92. The fraction of sp³-hybridized carbons (Fsp3) is 0.769. The van der Waals surface area contributed by atoms with Gasteiger partial charge in [0.05, 0.1) is 13.0 Å². The van der Waals surface area contributed by atoms with Crippen LogP contribution in [-0.4, -0.2) is 40.3 Å². The van der Waals surface area contributed by atoms with E-state index in [1.165, 1.54) is 12.2 Å². The molecule has 0 bridgehead atoms. The first-order chi connectivity index (χ1) is 9.58. The van der Waals surface area contributed by atoms with E-state index in [0.29, 0.717) is 6.42 Å². The van der Waals surface area contributed by atoms with Gasteiger partial charge in [0.15, 0.2) is 5.78 Å². The van der Waals surface area contributed by atoms with Crippen LogP contribution in [0.1, 0.15) is 44.9 Å². The standard InChI is InChI=1S/C13H21NO4S2/c15-10(5-6-13(17)18)9-14-12(16)4-2-1-3-11-7-8-19-20-11/h11H,1-9H2,(H,14,16)(H,17,18). The third-order valence-electron chi connectivity index (χ3n) is 3.01. The van der Waals surface area contributed by atoms with Gasteiger partial charge in [-0.1, -0.05) is 28.0 Å². The van der Waals surface area contributed by atoms with Crippen LogP contribution in [0.3, 0.4) is 0 Å². The van der Waals surface area contributed by atoms with Crippen LogP contribution >= 0.6 is 21.6 Å². The predicted molar refractivity (Wildman–Crippen MR) is 81.8 cm³/mol. The number of carbonyl (C=O) groups excluding carboxylic acids is 2. The molecule has 1 amide bonds. The van der Waals surface area contributed by atoms with Gasteiger partial charge in [-0.2, -0.15) is 0 Å². The van der Waals surface area contributed by atoms with Crippen molar-refractivity contribution in [3.05, 3.63) is 0 Å². The minimum atomic E-state index is -0.993. The second-order valence-electron chi connectivity index (χ2n) is 4.78. The highest BCUT2D eigenvalue weighted by Gasteiger charge is 2.15. The molecule has 0 aromatic rings. The summed E-state index contributed by atoms with van der Waals surface area (Å²) in [6.07, 6.45) is 4.55. The van der Waals surface area contributed by atoms with E-state index in [1.54, 1.807) is 0 Å². The van der Waals surface area contributed by atoms with Crippen molar-refractivity contribution in [3.8, 4) is 0 Å². The lowest BCUT2D eigenvalue weighted by Gasteiger charge is -2.07.